The van der Waals surface area contributed by atoms with Crippen molar-refractivity contribution in [3.63, 3.8) is 0 Å². The fourth-order valence-corrected chi connectivity index (χ4v) is 1.99. The van der Waals surface area contributed by atoms with E-state index in [-0.39, 0.29) is 43.8 Å². The maximum atomic E-state index is 6.11. The summed E-state index contributed by atoms with van der Waals surface area (Å²) in [6, 6.07) is 20.9. The quantitative estimate of drug-likeness (QED) is 0.787. The van der Waals surface area contributed by atoms with E-state index in [9.17, 15) is 0 Å². The second-order valence-corrected chi connectivity index (χ2v) is 4.57. The topological polar surface area (TPSA) is 38.0 Å². The van der Waals surface area contributed by atoms with Crippen LogP contribution in [-0.2, 0) is 13.0 Å². The molecule has 0 aliphatic carbocycles. The summed E-state index contributed by atoms with van der Waals surface area (Å²) in [6.07, 6.45) is 0.919. The molecule has 0 radical (unpaired) electrons. The van der Waals surface area contributed by atoms with Crippen molar-refractivity contribution < 1.29 is 0 Å². The number of benzene rings is 2. The Bertz CT molecular complexity index is 445. The molecule has 2 rings (SSSR count). The van der Waals surface area contributed by atoms with Crippen LogP contribution < -0.4 is 11.1 Å². The van der Waals surface area contributed by atoms with Crippen molar-refractivity contribution in [1.82, 2.24) is 5.32 Å². The van der Waals surface area contributed by atoms with Crippen molar-refractivity contribution in [1.29, 1.82) is 0 Å². The van der Waals surface area contributed by atoms with Crippen molar-refractivity contribution in [3.05, 3.63) is 71.8 Å². The van der Waals surface area contributed by atoms with Gasteiger partial charge >= 0.3 is 37.7 Å². The van der Waals surface area contributed by atoms with E-state index in [1.54, 1.807) is 0 Å². The molecule has 0 bridgehead atoms. The first-order chi connectivity index (χ1) is 8.84. The van der Waals surface area contributed by atoms with E-state index in [0.717, 1.165) is 19.5 Å². The van der Waals surface area contributed by atoms with E-state index < -0.39 is 0 Å². The van der Waals surface area contributed by atoms with Crippen molar-refractivity contribution in [2.24, 2.45) is 5.73 Å². The first-order valence-electron chi connectivity index (χ1n) is 6.39. The first-order valence-corrected chi connectivity index (χ1v) is 6.39. The van der Waals surface area contributed by atoms with Gasteiger partial charge in [0.1, 0.15) is 0 Å². The zero-order valence-electron chi connectivity index (χ0n) is 10.5. The zero-order chi connectivity index (χ0) is 12.6. The monoisotopic (exact) mass is 282 g/mol. The Hall–Kier alpha value is -0.380. The fourth-order valence-electron chi connectivity index (χ4n) is 1.99. The fraction of sp³-hybridized carbons (Fsp3) is 0.250. The van der Waals surface area contributed by atoms with Crippen LogP contribution in [0.3, 0.4) is 0 Å². The second-order valence-electron chi connectivity index (χ2n) is 4.57. The van der Waals surface area contributed by atoms with Gasteiger partial charge in [-0.3, -0.25) is 0 Å². The molecule has 1 atom stereocenters. The normalized spacial score (nSPS) is 11.6. The van der Waals surface area contributed by atoms with Gasteiger partial charge in [0, 0.05) is 19.1 Å². The van der Waals surface area contributed by atoms with Gasteiger partial charge in [0.25, 0.3) is 0 Å². The van der Waals surface area contributed by atoms with Crippen LogP contribution in [0, 0.1) is 0 Å². The van der Waals surface area contributed by atoms with Crippen LogP contribution in [-0.4, -0.2) is 50.3 Å². The van der Waals surface area contributed by atoms with Crippen molar-refractivity contribution in [2.45, 2.75) is 19.0 Å². The summed E-state index contributed by atoms with van der Waals surface area (Å²) >= 11 is 0. The van der Waals surface area contributed by atoms with E-state index in [4.69, 9.17) is 5.73 Å². The Morgan fingerprint density at radius 3 is 1.95 bits per heavy atom. The van der Waals surface area contributed by atoms with Gasteiger partial charge in [0.05, 0.1) is 0 Å². The van der Waals surface area contributed by atoms with Crippen molar-refractivity contribution in [2.75, 3.05) is 6.54 Å². The number of hydrogen-bond donors (Lipinski definition) is 2. The Labute approximate surface area is 145 Å². The Kier molecular flexibility index (Phi) is 8.35. The molecule has 2 aromatic carbocycles. The molecule has 0 aliphatic rings. The molecular weight excluding hydrogens is 260 g/mol. The van der Waals surface area contributed by atoms with Gasteiger partial charge in [-0.1, -0.05) is 60.7 Å². The molecule has 0 amide bonds. The van der Waals surface area contributed by atoms with Crippen LogP contribution in [0.25, 0.3) is 0 Å². The summed E-state index contributed by atoms with van der Waals surface area (Å²) in [5.74, 6) is 0. The number of nitrogens with one attached hydrogen (secondary N) is 1. The van der Waals surface area contributed by atoms with Gasteiger partial charge in [-0.05, 0) is 17.5 Å². The van der Waals surface area contributed by atoms with Gasteiger partial charge < -0.3 is 11.1 Å². The molecule has 3 N–H and O–H groups in total. The molecule has 98 valence electrons. The van der Waals surface area contributed by atoms with Crippen molar-refractivity contribution in [3.8, 4) is 0 Å². The van der Waals surface area contributed by atoms with E-state index in [0.29, 0.717) is 0 Å². The molecular formula is C16H22CaN2. The summed E-state index contributed by atoms with van der Waals surface area (Å²) in [4.78, 5) is 0. The van der Waals surface area contributed by atoms with Gasteiger partial charge in [0.15, 0.2) is 0 Å². The average Bonchev–Trinajstić information content (AvgIpc) is 2.41. The third-order valence-corrected chi connectivity index (χ3v) is 2.92. The van der Waals surface area contributed by atoms with E-state index in [1.165, 1.54) is 11.1 Å². The molecule has 0 saturated carbocycles. The molecule has 1 unspecified atom stereocenters. The van der Waals surface area contributed by atoms with Crippen LogP contribution in [0.15, 0.2) is 60.7 Å². The minimum absolute atomic E-state index is 0. The van der Waals surface area contributed by atoms with Gasteiger partial charge in [-0.25, -0.2) is 0 Å². The summed E-state index contributed by atoms with van der Waals surface area (Å²) in [5.41, 5.74) is 8.70. The van der Waals surface area contributed by atoms with Gasteiger partial charge in [0.2, 0.25) is 0 Å². The zero-order valence-corrected chi connectivity index (χ0v) is 10.5. The van der Waals surface area contributed by atoms with Gasteiger partial charge in [-0.2, -0.15) is 0 Å². The Balaban J connectivity index is 0.00000180. The van der Waals surface area contributed by atoms with E-state index >= 15 is 0 Å². The third kappa shape index (κ3) is 6.55. The molecule has 2 aromatic rings. The first kappa shape index (κ1) is 16.7. The molecule has 0 aliphatic heterocycles. The summed E-state index contributed by atoms with van der Waals surface area (Å²) in [5, 5.41) is 3.40. The second kappa shape index (κ2) is 9.51. The molecule has 0 aromatic heterocycles. The molecule has 0 saturated heterocycles. The predicted octanol–water partition coefficient (Wildman–Crippen LogP) is 1.43. The van der Waals surface area contributed by atoms with E-state index in [2.05, 4.69) is 53.8 Å². The Morgan fingerprint density at radius 2 is 1.37 bits per heavy atom. The molecule has 0 spiro atoms. The number of rotatable bonds is 6. The predicted molar refractivity (Wildman–Crippen MR) is 84.8 cm³/mol. The molecule has 3 heteroatoms. The van der Waals surface area contributed by atoms with Crippen LogP contribution in [0.1, 0.15) is 11.1 Å². The SMILES string of the molecule is NC(CNCc1ccccc1)Cc1ccccc1.[CaH2]. The van der Waals surface area contributed by atoms with Crippen LogP contribution in [0.5, 0.6) is 0 Å². The van der Waals surface area contributed by atoms with Crippen LogP contribution >= 0.6 is 0 Å². The average molecular weight is 282 g/mol. The maximum absolute atomic E-state index is 6.11. The van der Waals surface area contributed by atoms with Crippen molar-refractivity contribution >= 4 is 37.7 Å². The summed E-state index contributed by atoms with van der Waals surface area (Å²) in [7, 11) is 0. The summed E-state index contributed by atoms with van der Waals surface area (Å²) < 4.78 is 0. The number of hydrogen-bond acceptors (Lipinski definition) is 2. The minimum atomic E-state index is 0. The molecule has 0 heterocycles. The number of nitrogens with two attached hydrogens (primary N) is 1. The van der Waals surface area contributed by atoms with Crippen LogP contribution in [0.4, 0.5) is 0 Å². The third-order valence-electron chi connectivity index (χ3n) is 2.92. The summed E-state index contributed by atoms with van der Waals surface area (Å²) in [6.45, 7) is 1.72. The standard InChI is InChI=1S/C16H20N2.Ca.2H/c17-16(11-14-7-3-1-4-8-14)13-18-12-15-9-5-2-6-10-15;;;/h1-10,16,18H,11-13,17H2;;;. The Morgan fingerprint density at radius 1 is 0.842 bits per heavy atom. The molecule has 2 nitrogen and oxygen atoms in total. The van der Waals surface area contributed by atoms with Gasteiger partial charge in [-0.15, -0.1) is 0 Å². The van der Waals surface area contributed by atoms with E-state index in [1.807, 2.05) is 12.1 Å². The molecule has 0 fully saturated rings. The molecule has 19 heavy (non-hydrogen) atoms. The van der Waals surface area contributed by atoms with Crippen LogP contribution in [0.2, 0.25) is 0 Å².